The van der Waals surface area contributed by atoms with Gasteiger partial charge in [-0.15, -0.1) is 15.3 Å². The van der Waals surface area contributed by atoms with Gasteiger partial charge in [-0.1, -0.05) is 39.8 Å². The van der Waals surface area contributed by atoms with Gasteiger partial charge in [-0.3, -0.25) is 4.68 Å². The van der Waals surface area contributed by atoms with E-state index in [4.69, 9.17) is 0 Å². The highest BCUT2D eigenvalue weighted by Crippen LogP contribution is 2.25. The highest BCUT2D eigenvalue weighted by atomic mass is 15.6. The molecule has 2 aromatic rings. The van der Waals surface area contributed by atoms with Crippen LogP contribution < -0.4 is 0 Å². The number of hydrogen-bond donors (Lipinski definition) is 0. The molecule has 2 rings (SSSR count). The third-order valence-corrected chi connectivity index (χ3v) is 3.50. The summed E-state index contributed by atoms with van der Waals surface area (Å²) in [6.07, 6.45) is 4.80. The van der Waals surface area contributed by atoms with Gasteiger partial charge in [0, 0.05) is 19.2 Å². The molecule has 2 aromatic heterocycles. The van der Waals surface area contributed by atoms with Crippen molar-refractivity contribution >= 4 is 0 Å². The Kier molecular flexibility index (Phi) is 4.63. The van der Waals surface area contributed by atoms with E-state index in [2.05, 4.69) is 66.5 Å². The van der Waals surface area contributed by atoms with Gasteiger partial charge in [0.1, 0.15) is 0 Å². The van der Waals surface area contributed by atoms with Crippen LogP contribution in [0.15, 0.2) is 6.20 Å². The summed E-state index contributed by atoms with van der Waals surface area (Å²) in [6, 6.07) is 0. The first-order chi connectivity index (χ1) is 10.1. The molecule has 122 valence electrons. The summed E-state index contributed by atoms with van der Waals surface area (Å²) in [4.78, 5) is 1.50. The van der Waals surface area contributed by atoms with E-state index >= 15 is 0 Å². The molecule has 0 aliphatic carbocycles. The summed E-state index contributed by atoms with van der Waals surface area (Å²) in [7, 11) is 1.79. The molecular weight excluding hydrogens is 278 g/mol. The lowest BCUT2D eigenvalue weighted by Gasteiger charge is -2.22. The van der Waals surface area contributed by atoms with Crippen molar-refractivity contribution in [2.75, 3.05) is 0 Å². The van der Waals surface area contributed by atoms with Crippen LogP contribution in [0.4, 0.5) is 0 Å². The highest BCUT2D eigenvalue weighted by Gasteiger charge is 2.22. The summed E-state index contributed by atoms with van der Waals surface area (Å²) in [5.41, 5.74) is 1.39. The van der Waals surface area contributed by atoms with Crippen LogP contribution in [-0.4, -0.2) is 35.2 Å². The van der Waals surface area contributed by atoms with Gasteiger partial charge in [0.05, 0.1) is 12.7 Å². The number of aryl methyl sites for hydroxylation is 2. The maximum absolute atomic E-state index is 4.26. The lowest BCUT2D eigenvalue weighted by atomic mass is 9.85. The molecule has 0 fully saturated rings. The molecule has 0 bridgehead atoms. The van der Waals surface area contributed by atoms with Gasteiger partial charge in [0.2, 0.25) is 0 Å². The first-order valence-corrected chi connectivity index (χ1v) is 7.75. The molecule has 0 radical (unpaired) electrons. The Labute approximate surface area is 132 Å². The molecule has 0 spiro atoms. The maximum atomic E-state index is 4.26. The fourth-order valence-electron chi connectivity index (χ4n) is 2.40. The van der Waals surface area contributed by atoms with Crippen molar-refractivity contribution in [1.29, 1.82) is 0 Å². The molecule has 0 saturated carbocycles. The second-order valence-corrected chi connectivity index (χ2v) is 8.00. The van der Waals surface area contributed by atoms with Crippen LogP contribution in [-0.2, 0) is 26.4 Å². The Morgan fingerprint density at radius 1 is 1.00 bits per heavy atom. The zero-order chi connectivity index (χ0) is 16.4. The topological polar surface area (TPSA) is 74.3 Å². The van der Waals surface area contributed by atoms with E-state index in [0.29, 0.717) is 0 Å². The van der Waals surface area contributed by atoms with Crippen molar-refractivity contribution in [2.45, 2.75) is 60.4 Å². The van der Waals surface area contributed by atoms with E-state index in [9.17, 15) is 0 Å². The van der Waals surface area contributed by atoms with E-state index in [0.717, 1.165) is 37.3 Å². The first kappa shape index (κ1) is 16.6. The van der Waals surface area contributed by atoms with Crippen molar-refractivity contribution in [3.63, 3.8) is 0 Å². The minimum absolute atomic E-state index is 0.0964. The average Bonchev–Trinajstić information content (AvgIpc) is 2.94. The minimum Gasteiger partial charge on any atom is -0.252 e. The molecular formula is C15H27N7. The van der Waals surface area contributed by atoms with Gasteiger partial charge in [-0.25, -0.2) is 0 Å². The smallest absolute Gasteiger partial charge is 0.175 e. The van der Waals surface area contributed by atoms with Crippen molar-refractivity contribution in [3.05, 3.63) is 17.7 Å². The summed E-state index contributed by atoms with van der Waals surface area (Å²) >= 11 is 0. The molecule has 0 amide bonds. The number of rotatable bonds is 6. The third-order valence-electron chi connectivity index (χ3n) is 3.50. The zero-order valence-electron chi connectivity index (χ0n) is 14.5. The van der Waals surface area contributed by atoms with Crippen molar-refractivity contribution in [1.82, 2.24) is 35.2 Å². The van der Waals surface area contributed by atoms with Gasteiger partial charge < -0.3 is 0 Å². The van der Waals surface area contributed by atoms with Crippen LogP contribution in [0.25, 0.3) is 0 Å². The molecule has 0 saturated heterocycles. The van der Waals surface area contributed by atoms with Crippen LogP contribution in [0.2, 0.25) is 0 Å². The fourth-order valence-corrected chi connectivity index (χ4v) is 2.40. The maximum Gasteiger partial charge on any atom is 0.175 e. The van der Waals surface area contributed by atoms with E-state index in [1.165, 1.54) is 4.80 Å². The Morgan fingerprint density at radius 2 is 1.73 bits per heavy atom. The largest absolute Gasteiger partial charge is 0.252 e. The monoisotopic (exact) mass is 305 g/mol. The van der Waals surface area contributed by atoms with Gasteiger partial charge in [0.25, 0.3) is 0 Å². The Balaban J connectivity index is 1.88. The summed E-state index contributed by atoms with van der Waals surface area (Å²) in [6.45, 7) is 11.9. The molecule has 2 heterocycles. The number of tetrazole rings is 1. The van der Waals surface area contributed by atoms with Gasteiger partial charge in [-0.05, 0) is 28.9 Å². The number of hydrogen-bond acceptors (Lipinski definition) is 5. The fraction of sp³-hybridized carbons (Fsp3) is 0.800. The van der Waals surface area contributed by atoms with E-state index in [1.807, 2.05) is 4.68 Å². The highest BCUT2D eigenvalue weighted by molar-refractivity contribution is 4.96. The van der Waals surface area contributed by atoms with Gasteiger partial charge in [-0.2, -0.15) is 4.80 Å². The predicted molar refractivity (Wildman–Crippen MR) is 84.1 cm³/mol. The van der Waals surface area contributed by atoms with Gasteiger partial charge >= 0.3 is 0 Å². The predicted octanol–water partition coefficient (Wildman–Crippen LogP) is 2.05. The zero-order valence-corrected chi connectivity index (χ0v) is 14.5. The molecule has 0 N–H and O–H groups in total. The molecule has 0 aliphatic rings. The minimum atomic E-state index is 0.0964. The normalized spacial score (nSPS) is 12.8. The van der Waals surface area contributed by atoms with Crippen LogP contribution in [0.3, 0.4) is 0 Å². The molecule has 7 heteroatoms. The van der Waals surface area contributed by atoms with E-state index < -0.39 is 0 Å². The molecule has 0 aromatic carbocycles. The SMILES string of the molecule is Cn1nnc(CC(C)(C)CCn2cc(CC(C)(C)C)nn2)n1. The van der Waals surface area contributed by atoms with Crippen LogP contribution in [0, 0.1) is 10.8 Å². The lowest BCUT2D eigenvalue weighted by Crippen LogP contribution is -2.19. The van der Waals surface area contributed by atoms with E-state index in [1.54, 1.807) is 7.05 Å². The second kappa shape index (κ2) is 6.14. The van der Waals surface area contributed by atoms with Crippen molar-refractivity contribution in [2.24, 2.45) is 17.9 Å². The van der Waals surface area contributed by atoms with Gasteiger partial charge in [0.15, 0.2) is 5.82 Å². The Morgan fingerprint density at radius 3 is 2.32 bits per heavy atom. The summed E-state index contributed by atoms with van der Waals surface area (Å²) < 4.78 is 1.94. The van der Waals surface area contributed by atoms with Crippen LogP contribution in [0.5, 0.6) is 0 Å². The van der Waals surface area contributed by atoms with Crippen molar-refractivity contribution < 1.29 is 0 Å². The van der Waals surface area contributed by atoms with Crippen molar-refractivity contribution in [3.8, 4) is 0 Å². The quantitative estimate of drug-likeness (QED) is 0.816. The Bertz CT molecular complexity index is 603. The number of nitrogens with zero attached hydrogens (tertiary/aromatic N) is 7. The van der Waals surface area contributed by atoms with E-state index in [-0.39, 0.29) is 10.8 Å². The van der Waals surface area contributed by atoms with Crippen LogP contribution >= 0.6 is 0 Å². The third kappa shape index (κ3) is 5.20. The molecule has 0 unspecified atom stereocenters. The average molecular weight is 305 g/mol. The first-order valence-electron chi connectivity index (χ1n) is 7.75. The molecule has 7 nitrogen and oxygen atoms in total. The van der Waals surface area contributed by atoms with Crippen LogP contribution in [0.1, 0.15) is 52.6 Å². The Hall–Kier alpha value is -1.79. The number of aromatic nitrogens is 7. The second-order valence-electron chi connectivity index (χ2n) is 8.00. The summed E-state index contributed by atoms with van der Waals surface area (Å²) in [5.74, 6) is 0.791. The molecule has 0 aliphatic heterocycles. The molecule has 0 atom stereocenters. The summed E-state index contributed by atoms with van der Waals surface area (Å²) in [5, 5.41) is 20.7. The molecule has 22 heavy (non-hydrogen) atoms. The lowest BCUT2D eigenvalue weighted by molar-refractivity contribution is 0.296. The standard InChI is InChI=1S/C15H27N7/c1-14(2,3)9-12-11-22(20-16-12)8-7-15(4,5)10-13-17-19-21(6)18-13/h11H,7-10H2,1-6H3.